The third-order valence-corrected chi connectivity index (χ3v) is 4.55. The highest BCUT2D eigenvalue weighted by molar-refractivity contribution is 5.75. The Morgan fingerprint density at radius 1 is 1.09 bits per heavy atom. The predicted molar refractivity (Wildman–Crippen MR) is 87.2 cm³/mol. The van der Waals surface area contributed by atoms with Gasteiger partial charge in [0.25, 0.3) is 0 Å². The summed E-state index contributed by atoms with van der Waals surface area (Å²) in [5.74, 6) is 1.98. The van der Waals surface area contributed by atoms with E-state index in [4.69, 9.17) is 9.61 Å². The lowest BCUT2D eigenvalue weighted by Gasteiger charge is -2.34. The van der Waals surface area contributed by atoms with Gasteiger partial charge in [-0.15, -0.1) is 0 Å². The largest absolute Gasteiger partial charge is 0.350 e. The van der Waals surface area contributed by atoms with Gasteiger partial charge in [-0.2, -0.15) is 0 Å². The van der Waals surface area contributed by atoms with E-state index in [0.717, 1.165) is 55.6 Å². The number of piperazine rings is 1. The summed E-state index contributed by atoms with van der Waals surface area (Å²) in [6.07, 6.45) is 0. The Bertz CT molecular complexity index is 815. The minimum atomic E-state index is 0.855. The molecule has 7 heteroatoms. The number of anilines is 1. The van der Waals surface area contributed by atoms with Crippen molar-refractivity contribution in [1.29, 1.82) is 0 Å². The Balaban J connectivity index is 1.44. The van der Waals surface area contributed by atoms with Crippen molar-refractivity contribution in [2.45, 2.75) is 13.5 Å². The van der Waals surface area contributed by atoms with Crippen LogP contribution in [-0.2, 0) is 13.6 Å². The number of nitrogens with zero attached hydrogens (tertiary/aromatic N) is 6. The van der Waals surface area contributed by atoms with Gasteiger partial charge in [-0.05, 0) is 24.2 Å². The van der Waals surface area contributed by atoms with Gasteiger partial charge in [0, 0.05) is 33.2 Å². The van der Waals surface area contributed by atoms with Gasteiger partial charge in [0.05, 0.1) is 17.6 Å². The van der Waals surface area contributed by atoms with E-state index in [9.17, 15) is 0 Å². The molecule has 1 fully saturated rings. The number of rotatable bonds is 3. The summed E-state index contributed by atoms with van der Waals surface area (Å²) >= 11 is 0. The van der Waals surface area contributed by atoms with Gasteiger partial charge >= 0.3 is 0 Å². The Kier molecular flexibility index (Phi) is 3.49. The molecule has 0 amide bonds. The van der Waals surface area contributed by atoms with Gasteiger partial charge in [0.15, 0.2) is 5.82 Å². The Morgan fingerprint density at radius 3 is 2.57 bits per heavy atom. The van der Waals surface area contributed by atoms with Gasteiger partial charge in [-0.3, -0.25) is 4.90 Å². The van der Waals surface area contributed by atoms with E-state index in [1.807, 2.05) is 13.0 Å². The summed E-state index contributed by atoms with van der Waals surface area (Å²) in [5.41, 5.74) is 3.10. The van der Waals surface area contributed by atoms with Crippen LogP contribution in [0.1, 0.15) is 11.5 Å². The molecular formula is C16H20N6O. The van der Waals surface area contributed by atoms with Crippen LogP contribution in [0, 0.1) is 6.92 Å². The molecule has 0 aliphatic carbocycles. The molecule has 0 bridgehead atoms. The third kappa shape index (κ3) is 2.57. The molecule has 7 nitrogen and oxygen atoms in total. The van der Waals surface area contributed by atoms with Crippen molar-refractivity contribution in [3.63, 3.8) is 0 Å². The lowest BCUT2D eigenvalue weighted by atomic mass is 10.3. The molecule has 0 spiro atoms. The fourth-order valence-electron chi connectivity index (χ4n) is 3.17. The van der Waals surface area contributed by atoms with E-state index in [1.54, 1.807) is 0 Å². The van der Waals surface area contributed by atoms with Crippen molar-refractivity contribution in [2.24, 2.45) is 7.05 Å². The van der Waals surface area contributed by atoms with Crippen molar-refractivity contribution < 1.29 is 4.63 Å². The van der Waals surface area contributed by atoms with Gasteiger partial charge in [-0.1, -0.05) is 17.3 Å². The quantitative estimate of drug-likeness (QED) is 0.732. The van der Waals surface area contributed by atoms with E-state index < -0.39 is 0 Å². The first-order valence-corrected chi connectivity index (χ1v) is 7.89. The first-order chi connectivity index (χ1) is 11.2. The Hall–Kier alpha value is -2.41. The summed E-state index contributed by atoms with van der Waals surface area (Å²) in [7, 11) is 2.09. The molecule has 0 saturated carbocycles. The zero-order chi connectivity index (χ0) is 15.8. The first-order valence-electron chi connectivity index (χ1n) is 7.89. The molecule has 1 saturated heterocycles. The number of hydrogen-bond acceptors (Lipinski definition) is 6. The molecule has 1 aliphatic heterocycles. The fraction of sp³-hybridized carbons (Fsp3) is 0.438. The number of imidazole rings is 1. The number of aryl methyl sites for hydroxylation is 2. The highest BCUT2D eigenvalue weighted by atomic mass is 16.6. The smallest absolute Gasteiger partial charge is 0.196 e. The van der Waals surface area contributed by atoms with E-state index >= 15 is 0 Å². The van der Waals surface area contributed by atoms with Crippen molar-refractivity contribution in [3.05, 3.63) is 35.8 Å². The van der Waals surface area contributed by atoms with Crippen molar-refractivity contribution in [3.8, 4) is 0 Å². The second kappa shape index (κ2) is 5.66. The molecule has 0 atom stereocenters. The Labute approximate surface area is 134 Å². The van der Waals surface area contributed by atoms with Crippen LogP contribution in [0.5, 0.6) is 0 Å². The van der Waals surface area contributed by atoms with Crippen LogP contribution in [0.4, 0.5) is 5.82 Å². The van der Waals surface area contributed by atoms with Gasteiger partial charge in [0.1, 0.15) is 11.5 Å². The first kappa shape index (κ1) is 14.2. The highest BCUT2D eigenvalue weighted by Crippen LogP contribution is 2.19. The van der Waals surface area contributed by atoms with Crippen molar-refractivity contribution in [2.75, 3.05) is 31.1 Å². The second-order valence-electron chi connectivity index (χ2n) is 6.01. The number of benzene rings is 1. The van der Waals surface area contributed by atoms with Crippen LogP contribution in [0.3, 0.4) is 0 Å². The van der Waals surface area contributed by atoms with E-state index in [2.05, 4.69) is 49.9 Å². The van der Waals surface area contributed by atoms with Gasteiger partial charge < -0.3 is 9.47 Å². The molecule has 0 unspecified atom stereocenters. The number of hydrogen-bond donors (Lipinski definition) is 0. The van der Waals surface area contributed by atoms with E-state index in [-0.39, 0.29) is 0 Å². The summed E-state index contributed by atoms with van der Waals surface area (Å²) in [6.45, 7) is 6.62. The van der Waals surface area contributed by atoms with Crippen LogP contribution < -0.4 is 4.90 Å². The van der Waals surface area contributed by atoms with Crippen LogP contribution in [0.25, 0.3) is 11.0 Å². The zero-order valence-electron chi connectivity index (χ0n) is 13.4. The maximum Gasteiger partial charge on any atom is 0.196 e. The highest BCUT2D eigenvalue weighted by Gasteiger charge is 2.22. The maximum absolute atomic E-state index is 4.80. The maximum atomic E-state index is 4.80. The number of aromatic nitrogens is 4. The van der Waals surface area contributed by atoms with Gasteiger partial charge in [-0.25, -0.2) is 9.61 Å². The monoisotopic (exact) mass is 312 g/mol. The minimum absolute atomic E-state index is 0.855. The third-order valence-electron chi connectivity index (χ3n) is 4.55. The molecule has 2 aromatic heterocycles. The Morgan fingerprint density at radius 2 is 1.87 bits per heavy atom. The lowest BCUT2D eigenvalue weighted by Crippen LogP contribution is -2.46. The molecule has 3 aromatic rings. The number of fused-ring (bicyclic) bond motifs is 1. The zero-order valence-corrected chi connectivity index (χ0v) is 13.4. The standard InChI is InChI=1S/C16H20N6O/c1-12-16(19-23-18-12)22-9-7-21(8-10-22)11-15-17-13-5-3-4-6-14(13)20(15)2/h3-6H,7-11H2,1-2H3. The molecule has 0 N–H and O–H groups in total. The number of para-hydroxylation sites is 2. The SMILES string of the molecule is Cc1nonc1N1CCN(Cc2nc3ccccc3n2C)CC1. The summed E-state index contributed by atoms with van der Waals surface area (Å²) in [4.78, 5) is 9.42. The second-order valence-corrected chi connectivity index (χ2v) is 6.01. The minimum Gasteiger partial charge on any atom is -0.350 e. The molecule has 23 heavy (non-hydrogen) atoms. The molecule has 1 aromatic carbocycles. The molecule has 4 rings (SSSR count). The van der Waals surface area contributed by atoms with Crippen LogP contribution in [-0.4, -0.2) is 50.9 Å². The summed E-state index contributed by atoms with van der Waals surface area (Å²) in [6, 6.07) is 8.27. The van der Waals surface area contributed by atoms with Crippen molar-refractivity contribution >= 4 is 16.9 Å². The van der Waals surface area contributed by atoms with E-state index in [1.165, 1.54) is 5.52 Å². The average molecular weight is 312 g/mol. The average Bonchev–Trinajstić information content (AvgIpc) is 3.13. The van der Waals surface area contributed by atoms with Crippen LogP contribution >= 0.6 is 0 Å². The van der Waals surface area contributed by atoms with Crippen LogP contribution in [0.2, 0.25) is 0 Å². The molecule has 120 valence electrons. The normalized spacial score (nSPS) is 16.3. The lowest BCUT2D eigenvalue weighted by molar-refractivity contribution is 0.240. The van der Waals surface area contributed by atoms with E-state index in [0.29, 0.717) is 0 Å². The summed E-state index contributed by atoms with van der Waals surface area (Å²) < 4.78 is 6.99. The molecule has 3 heterocycles. The predicted octanol–water partition coefficient (Wildman–Crippen LogP) is 1.59. The van der Waals surface area contributed by atoms with Crippen LogP contribution in [0.15, 0.2) is 28.9 Å². The van der Waals surface area contributed by atoms with Crippen molar-refractivity contribution in [1.82, 2.24) is 24.8 Å². The van der Waals surface area contributed by atoms with Gasteiger partial charge in [0.2, 0.25) is 0 Å². The molecule has 0 radical (unpaired) electrons. The molecular weight excluding hydrogens is 292 g/mol. The topological polar surface area (TPSA) is 63.2 Å². The summed E-state index contributed by atoms with van der Waals surface area (Å²) in [5, 5.41) is 7.86. The molecule has 1 aliphatic rings. The fourth-order valence-corrected chi connectivity index (χ4v) is 3.17.